The Bertz CT molecular complexity index is 1160. The van der Waals surface area contributed by atoms with Crippen molar-refractivity contribution in [3.63, 3.8) is 0 Å². The maximum atomic E-state index is 13.1. The predicted octanol–water partition coefficient (Wildman–Crippen LogP) is 3.37. The highest BCUT2D eigenvalue weighted by Gasteiger charge is 2.37. The van der Waals surface area contributed by atoms with Crippen LogP contribution >= 0.6 is 15.9 Å². The zero-order valence-corrected chi connectivity index (χ0v) is 19.7. The SMILES string of the molecule is CCOC(=O)COc1c(Br)cc(/C=C2\C(=O)NC(=O)N(c3ccccc3C)C2=O)cc1OC. The molecule has 3 rings (SSSR count). The first-order valence-electron chi connectivity index (χ1n) is 9.89. The van der Waals surface area contributed by atoms with Crippen LogP contribution in [0.4, 0.5) is 10.5 Å². The molecule has 9 nitrogen and oxygen atoms in total. The summed E-state index contributed by atoms with van der Waals surface area (Å²) in [6.07, 6.45) is 1.35. The molecule has 1 N–H and O–H groups in total. The third-order valence-electron chi connectivity index (χ3n) is 4.66. The van der Waals surface area contributed by atoms with E-state index in [1.165, 1.54) is 19.3 Å². The summed E-state index contributed by atoms with van der Waals surface area (Å²) < 4.78 is 16.1. The number of urea groups is 1. The van der Waals surface area contributed by atoms with Crippen LogP contribution in [0.5, 0.6) is 11.5 Å². The number of nitrogens with zero attached hydrogens (tertiary/aromatic N) is 1. The molecular formula is C23H21BrN2O7. The fourth-order valence-corrected chi connectivity index (χ4v) is 3.73. The molecule has 0 bridgehead atoms. The van der Waals surface area contributed by atoms with Gasteiger partial charge in [0, 0.05) is 0 Å². The molecule has 2 aromatic rings. The number of anilines is 1. The van der Waals surface area contributed by atoms with Crippen molar-refractivity contribution in [3.05, 3.63) is 57.6 Å². The third kappa shape index (κ3) is 5.23. The first-order valence-corrected chi connectivity index (χ1v) is 10.7. The van der Waals surface area contributed by atoms with Gasteiger partial charge >= 0.3 is 12.0 Å². The van der Waals surface area contributed by atoms with E-state index in [0.29, 0.717) is 21.3 Å². The van der Waals surface area contributed by atoms with E-state index in [0.717, 1.165) is 4.90 Å². The van der Waals surface area contributed by atoms with Crippen LogP contribution in [0.15, 0.2) is 46.4 Å². The van der Waals surface area contributed by atoms with Crippen molar-refractivity contribution in [2.75, 3.05) is 25.2 Å². The molecule has 1 aliphatic heterocycles. The zero-order valence-electron chi connectivity index (χ0n) is 18.1. The number of amides is 4. The Morgan fingerprint density at radius 1 is 1.18 bits per heavy atom. The molecule has 0 saturated carbocycles. The Morgan fingerprint density at radius 3 is 2.58 bits per heavy atom. The number of hydrogen-bond donors (Lipinski definition) is 1. The minimum absolute atomic E-state index is 0.227. The molecule has 2 aromatic carbocycles. The molecule has 0 aromatic heterocycles. The lowest BCUT2D eigenvalue weighted by atomic mass is 10.1. The maximum absolute atomic E-state index is 13.1. The number of ether oxygens (including phenoxy) is 3. The highest BCUT2D eigenvalue weighted by atomic mass is 79.9. The van der Waals surface area contributed by atoms with Crippen molar-refractivity contribution < 1.29 is 33.4 Å². The van der Waals surface area contributed by atoms with Gasteiger partial charge in [0.25, 0.3) is 11.8 Å². The van der Waals surface area contributed by atoms with Crippen molar-refractivity contribution >= 4 is 51.5 Å². The first kappa shape index (κ1) is 24.0. The molecule has 33 heavy (non-hydrogen) atoms. The lowest BCUT2D eigenvalue weighted by molar-refractivity contribution is -0.145. The van der Waals surface area contributed by atoms with E-state index in [9.17, 15) is 19.2 Å². The minimum Gasteiger partial charge on any atom is -0.493 e. The standard InChI is InChI=1S/C23H21BrN2O7/c1-4-32-19(27)12-33-20-16(24)10-14(11-18(20)31-3)9-15-21(28)25-23(30)26(22(15)29)17-8-6-5-7-13(17)2/h5-11H,4,12H2,1-3H3,(H,25,28,30)/b15-9+. The van der Waals surface area contributed by atoms with Crippen LogP contribution in [0, 0.1) is 6.92 Å². The van der Waals surface area contributed by atoms with Crippen molar-refractivity contribution in [2.45, 2.75) is 13.8 Å². The molecule has 0 spiro atoms. The fraction of sp³-hybridized carbons (Fsp3) is 0.217. The van der Waals surface area contributed by atoms with E-state index in [1.54, 1.807) is 44.2 Å². The van der Waals surface area contributed by atoms with Gasteiger partial charge in [0.2, 0.25) is 0 Å². The molecule has 0 atom stereocenters. The van der Waals surface area contributed by atoms with Crippen LogP contribution < -0.4 is 19.7 Å². The number of methoxy groups -OCH3 is 1. The normalized spacial score (nSPS) is 14.8. The van der Waals surface area contributed by atoms with Gasteiger partial charge in [-0.15, -0.1) is 0 Å². The van der Waals surface area contributed by atoms with E-state index in [4.69, 9.17) is 14.2 Å². The number of carbonyl (C=O) groups excluding carboxylic acids is 4. The molecule has 1 fully saturated rings. The summed E-state index contributed by atoms with van der Waals surface area (Å²) in [6.45, 7) is 3.35. The fourth-order valence-electron chi connectivity index (χ4n) is 3.15. The van der Waals surface area contributed by atoms with Crippen LogP contribution in [0.2, 0.25) is 0 Å². The number of para-hydroxylation sites is 1. The number of halogens is 1. The molecule has 4 amide bonds. The van der Waals surface area contributed by atoms with Crippen LogP contribution in [0.1, 0.15) is 18.1 Å². The first-order chi connectivity index (χ1) is 15.8. The van der Waals surface area contributed by atoms with E-state index >= 15 is 0 Å². The molecule has 1 aliphatic rings. The molecule has 0 unspecified atom stereocenters. The number of barbiturate groups is 1. The molecule has 10 heteroatoms. The molecular weight excluding hydrogens is 496 g/mol. The summed E-state index contributed by atoms with van der Waals surface area (Å²) in [7, 11) is 1.41. The Labute approximate surface area is 198 Å². The number of imide groups is 2. The maximum Gasteiger partial charge on any atom is 0.344 e. The van der Waals surface area contributed by atoms with E-state index in [1.807, 2.05) is 0 Å². The van der Waals surface area contributed by atoms with Crippen molar-refractivity contribution in [1.82, 2.24) is 5.32 Å². The Kier molecular flexibility index (Phi) is 7.49. The van der Waals surface area contributed by atoms with Gasteiger partial charge in [0.1, 0.15) is 5.57 Å². The van der Waals surface area contributed by atoms with E-state index < -0.39 is 23.8 Å². The molecule has 0 aliphatic carbocycles. The molecule has 1 heterocycles. The number of nitrogens with one attached hydrogen (secondary N) is 1. The summed E-state index contributed by atoms with van der Waals surface area (Å²) in [5.41, 5.74) is 1.27. The number of esters is 1. The summed E-state index contributed by atoms with van der Waals surface area (Å²) in [6, 6.07) is 9.15. The Morgan fingerprint density at radius 2 is 1.91 bits per heavy atom. The second-order valence-corrected chi connectivity index (χ2v) is 7.73. The van der Waals surface area contributed by atoms with Gasteiger partial charge in [0.15, 0.2) is 18.1 Å². The van der Waals surface area contributed by atoms with Gasteiger partial charge in [-0.1, -0.05) is 18.2 Å². The van der Waals surface area contributed by atoms with Crippen LogP contribution in [-0.2, 0) is 19.1 Å². The lowest BCUT2D eigenvalue weighted by Crippen LogP contribution is -2.54. The van der Waals surface area contributed by atoms with Crippen LogP contribution in [0.25, 0.3) is 6.08 Å². The second-order valence-electron chi connectivity index (χ2n) is 6.87. The largest absolute Gasteiger partial charge is 0.493 e. The van der Waals surface area contributed by atoms with Crippen LogP contribution in [0.3, 0.4) is 0 Å². The van der Waals surface area contributed by atoms with Crippen molar-refractivity contribution in [3.8, 4) is 11.5 Å². The van der Waals surface area contributed by atoms with Crippen LogP contribution in [-0.4, -0.2) is 44.1 Å². The quantitative estimate of drug-likeness (QED) is 0.341. The van der Waals surface area contributed by atoms with E-state index in [2.05, 4.69) is 21.2 Å². The molecule has 0 radical (unpaired) electrons. The highest BCUT2D eigenvalue weighted by Crippen LogP contribution is 2.37. The average Bonchev–Trinajstić information content (AvgIpc) is 2.77. The number of rotatable bonds is 7. The zero-order chi connectivity index (χ0) is 24.1. The highest BCUT2D eigenvalue weighted by molar-refractivity contribution is 9.10. The van der Waals surface area contributed by atoms with Crippen molar-refractivity contribution in [2.24, 2.45) is 0 Å². The summed E-state index contributed by atoms with van der Waals surface area (Å²) in [4.78, 5) is 50.5. The van der Waals surface area contributed by atoms with Crippen molar-refractivity contribution in [1.29, 1.82) is 0 Å². The Balaban J connectivity index is 1.95. The predicted molar refractivity (Wildman–Crippen MR) is 123 cm³/mol. The molecule has 1 saturated heterocycles. The summed E-state index contributed by atoms with van der Waals surface area (Å²) in [5, 5.41) is 2.20. The van der Waals surface area contributed by atoms with Gasteiger partial charge in [0.05, 0.1) is 23.9 Å². The number of hydrogen-bond acceptors (Lipinski definition) is 7. The second kappa shape index (κ2) is 10.3. The number of aryl methyl sites for hydroxylation is 1. The molecule has 172 valence electrons. The number of carbonyl (C=O) groups is 4. The summed E-state index contributed by atoms with van der Waals surface area (Å²) >= 11 is 3.35. The number of benzene rings is 2. The van der Waals surface area contributed by atoms with Gasteiger partial charge < -0.3 is 14.2 Å². The topological polar surface area (TPSA) is 111 Å². The third-order valence-corrected chi connectivity index (χ3v) is 5.25. The lowest BCUT2D eigenvalue weighted by Gasteiger charge is -2.27. The smallest absolute Gasteiger partial charge is 0.344 e. The van der Waals surface area contributed by atoms with Gasteiger partial charge in [-0.05, 0) is 65.2 Å². The summed E-state index contributed by atoms with van der Waals surface area (Å²) in [5.74, 6) is -1.59. The monoisotopic (exact) mass is 516 g/mol. The minimum atomic E-state index is -0.821. The average molecular weight is 517 g/mol. The van der Waals surface area contributed by atoms with Gasteiger partial charge in [-0.25, -0.2) is 14.5 Å². The van der Waals surface area contributed by atoms with Gasteiger partial charge in [-0.2, -0.15) is 0 Å². The van der Waals surface area contributed by atoms with E-state index in [-0.39, 0.29) is 30.3 Å². The Hall–Kier alpha value is -3.66. The van der Waals surface area contributed by atoms with Gasteiger partial charge in [-0.3, -0.25) is 14.9 Å².